The topological polar surface area (TPSA) is 29.1 Å². The Balaban J connectivity index is 2.08. The lowest BCUT2D eigenvalue weighted by Crippen LogP contribution is -2.24. The van der Waals surface area contributed by atoms with E-state index in [0.29, 0.717) is 5.56 Å². The first kappa shape index (κ1) is 21.7. The van der Waals surface area contributed by atoms with Gasteiger partial charge in [-0.3, -0.25) is 4.79 Å². The largest absolute Gasteiger partial charge is 0.352 e. The van der Waals surface area contributed by atoms with Crippen LogP contribution in [0.2, 0.25) is 0 Å². The molecule has 135 valence electrons. The van der Waals surface area contributed by atoms with E-state index < -0.39 is 0 Å². The van der Waals surface area contributed by atoms with Crippen molar-refractivity contribution in [3.05, 3.63) is 39.1 Å². The first-order valence-electron chi connectivity index (χ1n) is 9.15. The van der Waals surface area contributed by atoms with Gasteiger partial charge in [-0.15, -0.1) is 0 Å². The van der Waals surface area contributed by atoms with E-state index in [2.05, 4.69) is 51.0 Å². The van der Waals surface area contributed by atoms with Crippen LogP contribution >= 0.6 is 31.9 Å². The maximum atomic E-state index is 12.1. The summed E-state index contributed by atoms with van der Waals surface area (Å²) in [5, 5.41) is 3.00. The number of hydrogen-bond acceptors (Lipinski definition) is 1. The van der Waals surface area contributed by atoms with E-state index in [9.17, 15) is 4.79 Å². The van der Waals surface area contributed by atoms with Crippen LogP contribution in [0.1, 0.15) is 87.1 Å². The van der Waals surface area contributed by atoms with Crippen molar-refractivity contribution in [1.82, 2.24) is 5.32 Å². The predicted octanol–water partition coefficient (Wildman–Crippen LogP) is 7.04. The van der Waals surface area contributed by atoms with Gasteiger partial charge in [0.05, 0.1) is 0 Å². The van der Waals surface area contributed by atoms with Crippen LogP contribution in [-0.2, 0) is 0 Å². The highest BCUT2D eigenvalue weighted by atomic mass is 79.9. The summed E-state index contributed by atoms with van der Waals surface area (Å²) >= 11 is 6.86. The molecule has 0 aliphatic carbocycles. The van der Waals surface area contributed by atoms with Crippen molar-refractivity contribution in [1.29, 1.82) is 0 Å². The zero-order chi connectivity index (χ0) is 17.8. The summed E-state index contributed by atoms with van der Waals surface area (Å²) < 4.78 is 1.70. The summed E-state index contributed by atoms with van der Waals surface area (Å²) in [7, 11) is 0. The number of carbonyl (C=O) groups excluding carboxylic acids is 1. The summed E-state index contributed by atoms with van der Waals surface area (Å²) in [5.41, 5.74) is 1.52. The lowest BCUT2D eigenvalue weighted by Gasteiger charge is -2.08. The minimum Gasteiger partial charge on any atom is -0.352 e. The molecule has 1 amide bonds. The van der Waals surface area contributed by atoms with Crippen molar-refractivity contribution in [3.63, 3.8) is 0 Å². The molecule has 0 saturated heterocycles. The first-order chi connectivity index (χ1) is 11.6. The lowest BCUT2D eigenvalue weighted by atomic mass is 10.1. The molecular weight excluding hydrogens is 430 g/mol. The van der Waals surface area contributed by atoms with Gasteiger partial charge in [0.25, 0.3) is 5.91 Å². The van der Waals surface area contributed by atoms with Crippen LogP contribution < -0.4 is 5.32 Å². The SMILES string of the molecule is [CH2]c1c(Br)cc(C(=O)NCCCCCCCCCCCC)cc1Br. The monoisotopic (exact) mass is 458 g/mol. The van der Waals surface area contributed by atoms with Gasteiger partial charge >= 0.3 is 0 Å². The predicted molar refractivity (Wildman–Crippen MR) is 110 cm³/mol. The fourth-order valence-corrected chi connectivity index (χ4v) is 3.84. The number of rotatable bonds is 12. The van der Waals surface area contributed by atoms with Crippen molar-refractivity contribution in [2.24, 2.45) is 0 Å². The molecule has 0 saturated carbocycles. The van der Waals surface area contributed by atoms with Crippen molar-refractivity contribution in [2.75, 3.05) is 6.54 Å². The highest BCUT2D eigenvalue weighted by Crippen LogP contribution is 2.26. The van der Waals surface area contributed by atoms with Gasteiger partial charge in [-0.2, -0.15) is 0 Å². The van der Waals surface area contributed by atoms with E-state index in [1.165, 1.54) is 57.8 Å². The number of halogens is 2. The third kappa shape index (κ3) is 8.66. The van der Waals surface area contributed by atoms with Crippen LogP contribution in [0.15, 0.2) is 21.1 Å². The highest BCUT2D eigenvalue weighted by molar-refractivity contribution is 9.11. The zero-order valence-electron chi connectivity index (χ0n) is 14.8. The van der Waals surface area contributed by atoms with Crippen LogP contribution in [0.4, 0.5) is 0 Å². The molecular formula is C20H30Br2NO. The number of amides is 1. The van der Waals surface area contributed by atoms with Gasteiger partial charge in [0.1, 0.15) is 0 Å². The summed E-state index contributed by atoms with van der Waals surface area (Å²) in [6.45, 7) is 6.93. The smallest absolute Gasteiger partial charge is 0.251 e. The van der Waals surface area contributed by atoms with Crippen LogP contribution in [0.3, 0.4) is 0 Å². The molecule has 0 bridgehead atoms. The summed E-state index contributed by atoms with van der Waals surface area (Å²) in [6.07, 6.45) is 13.1. The quantitative estimate of drug-likeness (QED) is 0.333. The molecule has 0 aromatic heterocycles. The third-order valence-corrected chi connectivity index (χ3v) is 5.63. The number of benzene rings is 1. The Morgan fingerprint density at radius 2 is 1.38 bits per heavy atom. The average molecular weight is 460 g/mol. The van der Waals surface area contributed by atoms with E-state index in [-0.39, 0.29) is 5.91 Å². The fourth-order valence-electron chi connectivity index (χ4n) is 2.65. The minimum absolute atomic E-state index is 0.0210. The first-order valence-corrected chi connectivity index (χ1v) is 10.7. The van der Waals surface area contributed by atoms with Gasteiger partial charge in [-0.1, -0.05) is 96.6 Å². The number of hydrogen-bond donors (Lipinski definition) is 1. The molecule has 2 nitrogen and oxygen atoms in total. The Kier molecular flexibility index (Phi) is 11.7. The van der Waals surface area contributed by atoms with Crippen molar-refractivity contribution < 1.29 is 4.79 Å². The summed E-state index contributed by atoms with van der Waals surface area (Å²) in [5.74, 6) is -0.0210. The molecule has 1 rings (SSSR count). The van der Waals surface area contributed by atoms with Gasteiger partial charge in [-0.25, -0.2) is 0 Å². The lowest BCUT2D eigenvalue weighted by molar-refractivity contribution is 0.0953. The summed E-state index contributed by atoms with van der Waals surface area (Å²) in [6, 6.07) is 3.64. The zero-order valence-corrected chi connectivity index (χ0v) is 18.0. The Hall–Kier alpha value is -0.350. The normalized spacial score (nSPS) is 10.8. The molecule has 4 heteroatoms. The maximum Gasteiger partial charge on any atom is 0.251 e. The van der Waals surface area contributed by atoms with Crippen LogP contribution in [0.25, 0.3) is 0 Å². The standard InChI is InChI=1S/C20H30Br2NO/c1-3-4-5-6-7-8-9-10-11-12-13-23-20(24)17-14-18(21)16(2)19(22)15-17/h14-15H,2-13H2,1H3,(H,23,24). The average Bonchev–Trinajstić information content (AvgIpc) is 2.56. The second-order valence-electron chi connectivity index (χ2n) is 6.36. The van der Waals surface area contributed by atoms with Crippen molar-refractivity contribution in [2.45, 2.75) is 71.1 Å². The van der Waals surface area contributed by atoms with Crippen molar-refractivity contribution >= 4 is 37.8 Å². The van der Waals surface area contributed by atoms with E-state index in [0.717, 1.165) is 27.5 Å². The van der Waals surface area contributed by atoms with Gasteiger partial charge in [0.2, 0.25) is 0 Å². The van der Waals surface area contributed by atoms with Crippen LogP contribution in [0.5, 0.6) is 0 Å². The Morgan fingerprint density at radius 1 is 0.917 bits per heavy atom. The molecule has 0 fully saturated rings. The maximum absolute atomic E-state index is 12.1. The molecule has 0 aliphatic heterocycles. The van der Waals surface area contributed by atoms with E-state index in [4.69, 9.17) is 0 Å². The van der Waals surface area contributed by atoms with Gasteiger partial charge in [0, 0.05) is 21.1 Å². The Bertz CT molecular complexity index is 479. The molecule has 24 heavy (non-hydrogen) atoms. The molecule has 0 aliphatic rings. The highest BCUT2D eigenvalue weighted by Gasteiger charge is 2.09. The molecule has 1 aromatic carbocycles. The summed E-state index contributed by atoms with van der Waals surface area (Å²) in [4.78, 5) is 12.1. The molecule has 0 heterocycles. The number of unbranched alkanes of at least 4 members (excludes halogenated alkanes) is 9. The molecule has 0 unspecified atom stereocenters. The molecule has 0 atom stereocenters. The van der Waals surface area contributed by atoms with E-state index in [1.54, 1.807) is 0 Å². The number of carbonyl (C=O) groups is 1. The Labute approximate surface area is 164 Å². The second kappa shape index (κ2) is 12.9. The Morgan fingerprint density at radius 3 is 1.88 bits per heavy atom. The van der Waals surface area contributed by atoms with Crippen molar-refractivity contribution in [3.8, 4) is 0 Å². The van der Waals surface area contributed by atoms with E-state index >= 15 is 0 Å². The number of nitrogens with one attached hydrogen (secondary N) is 1. The van der Waals surface area contributed by atoms with Gasteiger partial charge in [0.15, 0.2) is 0 Å². The van der Waals surface area contributed by atoms with Crippen LogP contribution in [-0.4, -0.2) is 12.5 Å². The molecule has 1 aromatic rings. The molecule has 0 spiro atoms. The fraction of sp³-hybridized carbons (Fsp3) is 0.600. The third-order valence-electron chi connectivity index (χ3n) is 4.22. The van der Waals surface area contributed by atoms with Gasteiger partial charge < -0.3 is 5.32 Å². The second-order valence-corrected chi connectivity index (χ2v) is 8.07. The van der Waals surface area contributed by atoms with E-state index in [1.807, 2.05) is 12.1 Å². The molecule has 1 N–H and O–H groups in total. The minimum atomic E-state index is -0.0210. The van der Waals surface area contributed by atoms with Crippen LogP contribution in [0, 0.1) is 6.92 Å². The van der Waals surface area contributed by atoms with Gasteiger partial charge in [-0.05, 0) is 31.0 Å². The molecule has 1 radical (unpaired) electrons.